The second-order valence-electron chi connectivity index (χ2n) is 5.42. The van der Waals surface area contributed by atoms with Crippen molar-refractivity contribution in [3.05, 3.63) is 0 Å². The van der Waals surface area contributed by atoms with E-state index >= 15 is 0 Å². The van der Waals surface area contributed by atoms with Gasteiger partial charge in [0.2, 0.25) is 0 Å². The Bertz CT molecular complexity index is 184. The summed E-state index contributed by atoms with van der Waals surface area (Å²) >= 11 is 0. The Kier molecular flexibility index (Phi) is 6.37. The number of methoxy groups -OCH3 is 1. The molecule has 1 rings (SSSR count). The fourth-order valence-corrected chi connectivity index (χ4v) is 3.28. The van der Waals surface area contributed by atoms with Crippen LogP contribution in [0.25, 0.3) is 0 Å². The van der Waals surface area contributed by atoms with Crippen molar-refractivity contribution in [2.45, 2.75) is 52.0 Å². The molecule has 1 N–H and O–H groups in total. The highest BCUT2D eigenvalue weighted by atomic mass is 16.5. The van der Waals surface area contributed by atoms with Crippen LogP contribution in [0.3, 0.4) is 0 Å². The third-order valence-electron chi connectivity index (χ3n) is 4.39. The van der Waals surface area contributed by atoms with Crippen molar-refractivity contribution in [1.82, 2.24) is 5.32 Å². The smallest absolute Gasteiger partial charge is 0.0465 e. The second-order valence-corrected chi connectivity index (χ2v) is 5.42. The van der Waals surface area contributed by atoms with Gasteiger partial charge in [0, 0.05) is 19.8 Å². The number of hydrogen-bond acceptors (Lipinski definition) is 2. The van der Waals surface area contributed by atoms with E-state index in [1.165, 1.54) is 32.1 Å². The van der Waals surface area contributed by atoms with Gasteiger partial charge in [0.1, 0.15) is 0 Å². The molecule has 0 aromatic carbocycles. The number of ether oxygens (including phenoxy) is 1. The van der Waals surface area contributed by atoms with Crippen molar-refractivity contribution in [2.24, 2.45) is 17.8 Å². The molecule has 2 heteroatoms. The standard InChI is InChI=1S/C14H29NO/c1-5-12-6-7-13(10-12)14(15-3)11(2)8-9-16-4/h11-15H,5-10H2,1-4H3. The molecule has 1 fully saturated rings. The lowest BCUT2D eigenvalue weighted by molar-refractivity contribution is 0.159. The summed E-state index contributed by atoms with van der Waals surface area (Å²) in [5.74, 6) is 2.60. The van der Waals surface area contributed by atoms with Gasteiger partial charge in [-0.3, -0.25) is 0 Å². The molecule has 0 bridgehead atoms. The van der Waals surface area contributed by atoms with E-state index in [1.54, 1.807) is 7.11 Å². The van der Waals surface area contributed by atoms with Crippen molar-refractivity contribution >= 4 is 0 Å². The molecule has 96 valence electrons. The predicted octanol–water partition coefficient (Wildman–Crippen LogP) is 3.07. The number of nitrogens with one attached hydrogen (secondary N) is 1. The summed E-state index contributed by atoms with van der Waals surface area (Å²) in [5, 5.41) is 3.54. The van der Waals surface area contributed by atoms with Gasteiger partial charge in [-0.05, 0) is 44.1 Å². The molecule has 0 heterocycles. The molecule has 4 atom stereocenters. The van der Waals surface area contributed by atoms with Crippen molar-refractivity contribution in [3.8, 4) is 0 Å². The maximum absolute atomic E-state index is 5.18. The first-order valence-corrected chi connectivity index (χ1v) is 6.89. The van der Waals surface area contributed by atoms with Crippen LogP contribution >= 0.6 is 0 Å². The van der Waals surface area contributed by atoms with Crippen molar-refractivity contribution < 1.29 is 4.74 Å². The molecule has 0 radical (unpaired) electrons. The van der Waals surface area contributed by atoms with E-state index in [4.69, 9.17) is 4.74 Å². The maximum atomic E-state index is 5.18. The first-order valence-electron chi connectivity index (χ1n) is 6.89. The van der Waals surface area contributed by atoms with Gasteiger partial charge in [0.15, 0.2) is 0 Å². The Hall–Kier alpha value is -0.0800. The molecule has 1 aliphatic rings. The fraction of sp³-hybridized carbons (Fsp3) is 1.00. The minimum absolute atomic E-state index is 0.687. The van der Waals surface area contributed by atoms with Gasteiger partial charge >= 0.3 is 0 Å². The Labute approximate surface area is 101 Å². The highest BCUT2D eigenvalue weighted by molar-refractivity contribution is 4.86. The van der Waals surface area contributed by atoms with Gasteiger partial charge in [-0.15, -0.1) is 0 Å². The fourth-order valence-electron chi connectivity index (χ4n) is 3.28. The molecule has 1 aliphatic carbocycles. The summed E-state index contributed by atoms with van der Waals surface area (Å²) in [6.45, 7) is 5.58. The Morgan fingerprint density at radius 1 is 1.38 bits per heavy atom. The summed E-state index contributed by atoms with van der Waals surface area (Å²) in [6, 6.07) is 0.687. The van der Waals surface area contributed by atoms with Gasteiger partial charge in [-0.2, -0.15) is 0 Å². The van der Waals surface area contributed by atoms with E-state index < -0.39 is 0 Å². The van der Waals surface area contributed by atoms with E-state index in [0.717, 1.165) is 24.4 Å². The van der Waals surface area contributed by atoms with Crippen LogP contribution in [-0.2, 0) is 4.74 Å². The summed E-state index contributed by atoms with van der Waals surface area (Å²) in [7, 11) is 3.91. The van der Waals surface area contributed by atoms with E-state index in [-0.39, 0.29) is 0 Å². The number of hydrogen-bond donors (Lipinski definition) is 1. The van der Waals surface area contributed by atoms with E-state index in [0.29, 0.717) is 6.04 Å². The Morgan fingerprint density at radius 2 is 2.12 bits per heavy atom. The first kappa shape index (κ1) is 14.0. The van der Waals surface area contributed by atoms with Crippen LogP contribution in [0.15, 0.2) is 0 Å². The lowest BCUT2D eigenvalue weighted by Crippen LogP contribution is -2.38. The molecule has 2 nitrogen and oxygen atoms in total. The largest absolute Gasteiger partial charge is 0.385 e. The van der Waals surface area contributed by atoms with Crippen molar-refractivity contribution in [2.75, 3.05) is 20.8 Å². The maximum Gasteiger partial charge on any atom is 0.0465 e. The van der Waals surface area contributed by atoms with Crippen molar-refractivity contribution in [1.29, 1.82) is 0 Å². The molecule has 0 aliphatic heterocycles. The molecular formula is C14H29NO. The van der Waals surface area contributed by atoms with Gasteiger partial charge in [-0.25, -0.2) is 0 Å². The van der Waals surface area contributed by atoms with E-state index in [9.17, 15) is 0 Å². The summed E-state index contributed by atoms with van der Waals surface area (Å²) in [4.78, 5) is 0. The molecule has 4 unspecified atom stereocenters. The van der Waals surface area contributed by atoms with Crippen LogP contribution in [-0.4, -0.2) is 26.8 Å². The highest BCUT2D eigenvalue weighted by Gasteiger charge is 2.31. The lowest BCUT2D eigenvalue weighted by atomic mass is 9.85. The predicted molar refractivity (Wildman–Crippen MR) is 69.6 cm³/mol. The molecule has 0 aromatic rings. The zero-order valence-corrected chi connectivity index (χ0v) is 11.5. The molecule has 0 aromatic heterocycles. The Balaban J connectivity index is 2.41. The van der Waals surface area contributed by atoms with E-state index in [1.807, 2.05) is 0 Å². The third kappa shape index (κ3) is 3.74. The van der Waals surface area contributed by atoms with Crippen LogP contribution in [0.2, 0.25) is 0 Å². The van der Waals surface area contributed by atoms with Gasteiger partial charge in [0.25, 0.3) is 0 Å². The normalized spacial score (nSPS) is 29.2. The minimum atomic E-state index is 0.687. The third-order valence-corrected chi connectivity index (χ3v) is 4.39. The van der Waals surface area contributed by atoms with Gasteiger partial charge in [-0.1, -0.05) is 26.7 Å². The van der Waals surface area contributed by atoms with Crippen LogP contribution < -0.4 is 5.32 Å². The van der Waals surface area contributed by atoms with Gasteiger partial charge < -0.3 is 10.1 Å². The Morgan fingerprint density at radius 3 is 2.62 bits per heavy atom. The second kappa shape index (κ2) is 7.29. The first-order chi connectivity index (χ1) is 7.72. The van der Waals surface area contributed by atoms with E-state index in [2.05, 4.69) is 26.2 Å². The average Bonchev–Trinajstić information content (AvgIpc) is 2.76. The van der Waals surface area contributed by atoms with Crippen LogP contribution in [0.1, 0.15) is 46.0 Å². The van der Waals surface area contributed by atoms with Gasteiger partial charge in [0.05, 0.1) is 0 Å². The zero-order valence-electron chi connectivity index (χ0n) is 11.5. The summed E-state index contributed by atoms with van der Waals surface area (Å²) in [5.41, 5.74) is 0. The monoisotopic (exact) mass is 227 g/mol. The summed E-state index contributed by atoms with van der Waals surface area (Å²) < 4.78 is 5.18. The molecule has 0 saturated heterocycles. The molecule has 1 saturated carbocycles. The highest BCUT2D eigenvalue weighted by Crippen LogP contribution is 2.37. The summed E-state index contributed by atoms with van der Waals surface area (Å²) in [6.07, 6.45) is 6.83. The van der Waals surface area contributed by atoms with Crippen LogP contribution in [0.5, 0.6) is 0 Å². The molecule has 16 heavy (non-hydrogen) atoms. The molecule has 0 spiro atoms. The van der Waals surface area contributed by atoms with Crippen LogP contribution in [0.4, 0.5) is 0 Å². The zero-order chi connectivity index (χ0) is 12.0. The number of rotatable bonds is 7. The minimum Gasteiger partial charge on any atom is -0.385 e. The lowest BCUT2D eigenvalue weighted by Gasteiger charge is -2.29. The molecule has 0 amide bonds. The quantitative estimate of drug-likeness (QED) is 0.721. The topological polar surface area (TPSA) is 21.3 Å². The van der Waals surface area contributed by atoms with Crippen molar-refractivity contribution in [3.63, 3.8) is 0 Å². The van der Waals surface area contributed by atoms with Crippen LogP contribution in [0, 0.1) is 17.8 Å². The molecular weight excluding hydrogens is 198 g/mol. The average molecular weight is 227 g/mol. The SMILES string of the molecule is CCC1CCC(C(NC)C(C)CCOC)C1.